The maximum Gasteiger partial charge on any atom is 0.272 e. The van der Waals surface area contributed by atoms with Gasteiger partial charge in [0.05, 0.1) is 18.7 Å². The first kappa shape index (κ1) is 16.0. The number of rotatable bonds is 4. The molecule has 3 aromatic heterocycles. The van der Waals surface area contributed by atoms with Crippen molar-refractivity contribution in [1.82, 2.24) is 14.5 Å². The fraction of sp³-hybridized carbons (Fsp3) is 0.167. The summed E-state index contributed by atoms with van der Waals surface area (Å²) in [6, 6.07) is 11.5. The molecule has 126 valence electrons. The SMILES string of the molecule is CCOc1ccccc1Cn1c(=S)[nH]c2c(sc3ncccc32)c1=O. The second kappa shape index (κ2) is 6.42. The van der Waals surface area contributed by atoms with Crippen molar-refractivity contribution in [2.75, 3.05) is 6.61 Å². The van der Waals surface area contributed by atoms with Crippen molar-refractivity contribution < 1.29 is 4.74 Å². The van der Waals surface area contributed by atoms with Gasteiger partial charge in [-0.3, -0.25) is 9.36 Å². The molecule has 0 fully saturated rings. The lowest BCUT2D eigenvalue weighted by Gasteiger charge is -2.11. The number of hydrogen-bond acceptors (Lipinski definition) is 5. The van der Waals surface area contributed by atoms with Crippen LogP contribution in [0.15, 0.2) is 47.4 Å². The molecule has 5 nitrogen and oxygen atoms in total. The molecule has 0 saturated carbocycles. The predicted molar refractivity (Wildman–Crippen MR) is 103 cm³/mol. The molecule has 25 heavy (non-hydrogen) atoms. The zero-order valence-electron chi connectivity index (χ0n) is 13.5. The monoisotopic (exact) mass is 369 g/mol. The Morgan fingerprint density at radius 3 is 2.96 bits per heavy atom. The van der Waals surface area contributed by atoms with Gasteiger partial charge in [-0.15, -0.1) is 11.3 Å². The van der Waals surface area contributed by atoms with Crippen molar-refractivity contribution in [2.24, 2.45) is 0 Å². The molecule has 0 aliphatic rings. The summed E-state index contributed by atoms with van der Waals surface area (Å²) in [7, 11) is 0. The van der Waals surface area contributed by atoms with E-state index in [9.17, 15) is 4.79 Å². The summed E-state index contributed by atoms with van der Waals surface area (Å²) in [5.74, 6) is 0.768. The van der Waals surface area contributed by atoms with Gasteiger partial charge in [0.15, 0.2) is 4.77 Å². The van der Waals surface area contributed by atoms with Crippen LogP contribution in [0.3, 0.4) is 0 Å². The molecule has 0 amide bonds. The zero-order chi connectivity index (χ0) is 17.4. The third kappa shape index (κ3) is 2.75. The zero-order valence-corrected chi connectivity index (χ0v) is 15.1. The van der Waals surface area contributed by atoms with Crippen molar-refractivity contribution in [2.45, 2.75) is 13.5 Å². The molecule has 4 aromatic rings. The highest BCUT2D eigenvalue weighted by Gasteiger charge is 2.14. The summed E-state index contributed by atoms with van der Waals surface area (Å²) in [6.45, 7) is 2.87. The Kier molecular flexibility index (Phi) is 4.10. The smallest absolute Gasteiger partial charge is 0.272 e. The number of aromatic amines is 1. The number of hydrogen-bond donors (Lipinski definition) is 1. The number of para-hydroxylation sites is 1. The standard InChI is InChI=1S/C18H15N3O2S2/c1-2-23-13-8-4-3-6-11(13)10-21-17(22)15-14(20-18(21)24)12-7-5-9-19-16(12)25-15/h3-9H,2,10H2,1H3,(H,20,24). The van der Waals surface area contributed by atoms with Gasteiger partial charge in [-0.2, -0.15) is 0 Å². The van der Waals surface area contributed by atoms with E-state index in [2.05, 4.69) is 9.97 Å². The van der Waals surface area contributed by atoms with E-state index in [1.165, 1.54) is 11.3 Å². The van der Waals surface area contributed by atoms with Crippen molar-refractivity contribution >= 4 is 44.0 Å². The Hall–Kier alpha value is -2.51. The summed E-state index contributed by atoms with van der Waals surface area (Å²) in [5, 5.41) is 0.924. The van der Waals surface area contributed by atoms with Gasteiger partial charge < -0.3 is 9.72 Å². The van der Waals surface area contributed by atoms with Gasteiger partial charge in [0, 0.05) is 17.1 Å². The Morgan fingerprint density at radius 2 is 2.12 bits per heavy atom. The van der Waals surface area contributed by atoms with Gasteiger partial charge >= 0.3 is 0 Å². The van der Waals surface area contributed by atoms with Crippen LogP contribution < -0.4 is 10.3 Å². The summed E-state index contributed by atoms with van der Waals surface area (Å²) in [6.07, 6.45) is 1.73. The predicted octanol–water partition coefficient (Wildman–Crippen LogP) is 4.12. The minimum Gasteiger partial charge on any atom is -0.494 e. The van der Waals surface area contributed by atoms with Gasteiger partial charge in [-0.05, 0) is 37.3 Å². The maximum absolute atomic E-state index is 13.0. The van der Waals surface area contributed by atoms with Crippen LogP contribution in [0.2, 0.25) is 0 Å². The van der Waals surface area contributed by atoms with Gasteiger partial charge in [0.25, 0.3) is 5.56 Å². The molecule has 0 saturated heterocycles. The van der Waals surface area contributed by atoms with Crippen molar-refractivity contribution in [3.8, 4) is 5.75 Å². The number of H-pyrrole nitrogens is 1. The van der Waals surface area contributed by atoms with E-state index in [0.717, 1.165) is 27.0 Å². The highest BCUT2D eigenvalue weighted by Crippen LogP contribution is 2.28. The number of nitrogens with zero attached hydrogens (tertiary/aromatic N) is 2. The minimum atomic E-state index is -0.104. The molecule has 0 aliphatic heterocycles. The van der Waals surface area contributed by atoms with Crippen LogP contribution in [0.25, 0.3) is 20.4 Å². The third-order valence-electron chi connectivity index (χ3n) is 3.98. The lowest BCUT2D eigenvalue weighted by molar-refractivity contribution is 0.335. The van der Waals surface area contributed by atoms with Crippen LogP contribution in [0.1, 0.15) is 12.5 Å². The van der Waals surface area contributed by atoms with Crippen LogP contribution in [-0.2, 0) is 6.54 Å². The first-order chi connectivity index (χ1) is 12.2. The molecule has 0 radical (unpaired) electrons. The first-order valence-electron chi connectivity index (χ1n) is 7.90. The third-order valence-corrected chi connectivity index (χ3v) is 5.41. The number of aromatic nitrogens is 3. The number of ether oxygens (including phenoxy) is 1. The molecule has 7 heteroatoms. The van der Waals surface area contributed by atoms with Crippen LogP contribution in [0, 0.1) is 4.77 Å². The molecule has 0 aliphatic carbocycles. The second-order valence-electron chi connectivity index (χ2n) is 5.52. The molecule has 0 spiro atoms. The van der Waals surface area contributed by atoms with Crippen LogP contribution in [-0.4, -0.2) is 21.1 Å². The lowest BCUT2D eigenvalue weighted by atomic mass is 10.2. The highest BCUT2D eigenvalue weighted by atomic mass is 32.1. The fourth-order valence-corrected chi connectivity index (χ4v) is 4.14. The normalized spacial score (nSPS) is 11.2. The summed E-state index contributed by atoms with van der Waals surface area (Å²) >= 11 is 6.84. The van der Waals surface area contributed by atoms with Gasteiger partial charge in [0.1, 0.15) is 15.3 Å². The van der Waals surface area contributed by atoms with Crippen LogP contribution in [0.5, 0.6) is 5.75 Å². The van der Waals surface area contributed by atoms with Gasteiger partial charge in [0.2, 0.25) is 0 Å². The van der Waals surface area contributed by atoms with Gasteiger partial charge in [-0.1, -0.05) is 18.2 Å². The number of nitrogens with one attached hydrogen (secondary N) is 1. The Labute approximate surface area is 152 Å². The number of thiophene rings is 1. The van der Waals surface area contributed by atoms with Crippen molar-refractivity contribution in [1.29, 1.82) is 0 Å². The summed E-state index contributed by atoms with van der Waals surface area (Å²) in [5.41, 5.74) is 1.58. The van der Waals surface area contributed by atoms with Crippen molar-refractivity contribution in [3.63, 3.8) is 0 Å². The van der Waals surface area contributed by atoms with Gasteiger partial charge in [-0.25, -0.2) is 4.98 Å². The number of pyridine rings is 1. The lowest BCUT2D eigenvalue weighted by Crippen LogP contribution is -2.22. The molecular weight excluding hydrogens is 354 g/mol. The number of fused-ring (bicyclic) bond motifs is 3. The molecule has 0 bridgehead atoms. The number of benzene rings is 1. The molecular formula is C18H15N3O2S2. The van der Waals surface area contributed by atoms with Crippen LogP contribution in [0.4, 0.5) is 0 Å². The van der Waals surface area contributed by atoms with Crippen LogP contribution >= 0.6 is 23.6 Å². The summed E-state index contributed by atoms with van der Waals surface area (Å²) in [4.78, 5) is 21.4. The van der Waals surface area contributed by atoms with Crippen molar-refractivity contribution in [3.05, 3.63) is 63.3 Å². The fourth-order valence-electron chi connectivity index (χ4n) is 2.84. The minimum absolute atomic E-state index is 0.104. The molecule has 1 N–H and O–H groups in total. The van der Waals surface area contributed by atoms with E-state index in [1.54, 1.807) is 10.8 Å². The van der Waals surface area contributed by atoms with E-state index < -0.39 is 0 Å². The van der Waals surface area contributed by atoms with E-state index >= 15 is 0 Å². The molecule has 3 heterocycles. The quantitative estimate of drug-likeness (QED) is 0.550. The largest absolute Gasteiger partial charge is 0.494 e. The highest BCUT2D eigenvalue weighted by molar-refractivity contribution is 7.71. The maximum atomic E-state index is 13.0. The summed E-state index contributed by atoms with van der Waals surface area (Å²) < 4.78 is 8.26. The average molecular weight is 369 g/mol. The Bertz CT molecular complexity index is 1190. The van der Waals surface area contributed by atoms with E-state index in [4.69, 9.17) is 17.0 Å². The Morgan fingerprint density at radius 1 is 1.28 bits per heavy atom. The first-order valence-corrected chi connectivity index (χ1v) is 9.12. The Balaban J connectivity index is 1.90. The molecule has 4 rings (SSSR count). The topological polar surface area (TPSA) is 59.9 Å². The molecule has 0 atom stereocenters. The molecule has 1 aromatic carbocycles. The second-order valence-corrected chi connectivity index (χ2v) is 6.91. The molecule has 0 unspecified atom stereocenters. The van der Waals surface area contributed by atoms with E-state index in [-0.39, 0.29) is 5.56 Å². The average Bonchev–Trinajstić information content (AvgIpc) is 2.99. The van der Waals surface area contributed by atoms with E-state index in [1.807, 2.05) is 43.3 Å². The van der Waals surface area contributed by atoms with E-state index in [0.29, 0.717) is 22.6 Å².